The van der Waals surface area contributed by atoms with Crippen LogP contribution in [0.5, 0.6) is 5.75 Å². The lowest BCUT2D eigenvalue weighted by atomic mass is 9.84. The van der Waals surface area contributed by atoms with E-state index < -0.39 is 6.04 Å². The Labute approximate surface area is 155 Å². The van der Waals surface area contributed by atoms with E-state index in [-0.39, 0.29) is 23.8 Å². The molecule has 6 heteroatoms. The number of benzene rings is 1. The number of hydrogen-bond acceptors (Lipinski definition) is 4. The summed E-state index contributed by atoms with van der Waals surface area (Å²) in [5.41, 5.74) is 1.10. The van der Waals surface area contributed by atoms with Crippen molar-refractivity contribution in [3.63, 3.8) is 0 Å². The van der Waals surface area contributed by atoms with E-state index in [1.807, 2.05) is 18.2 Å². The quantitative estimate of drug-likeness (QED) is 0.844. The number of rotatable bonds is 6. The maximum absolute atomic E-state index is 12.6. The number of para-hydroxylation sites is 2. The highest BCUT2D eigenvalue weighted by atomic mass is 16.5. The number of anilines is 1. The first kappa shape index (κ1) is 18.5. The highest BCUT2D eigenvalue weighted by Gasteiger charge is 2.30. The maximum atomic E-state index is 12.6. The molecule has 6 nitrogen and oxygen atoms in total. The minimum atomic E-state index is -0.508. The van der Waals surface area contributed by atoms with Crippen molar-refractivity contribution in [3.05, 3.63) is 24.3 Å². The molecule has 1 heterocycles. The second-order valence-corrected chi connectivity index (χ2v) is 7.32. The third-order valence-electron chi connectivity index (χ3n) is 5.36. The maximum Gasteiger partial charge on any atom is 0.244 e. The summed E-state index contributed by atoms with van der Waals surface area (Å²) in [5.74, 6) is 0.873. The van der Waals surface area contributed by atoms with Crippen LogP contribution in [0.2, 0.25) is 0 Å². The van der Waals surface area contributed by atoms with Crippen LogP contribution in [0.3, 0.4) is 0 Å². The predicted molar refractivity (Wildman–Crippen MR) is 101 cm³/mol. The van der Waals surface area contributed by atoms with Gasteiger partial charge in [-0.3, -0.25) is 9.59 Å². The van der Waals surface area contributed by atoms with Crippen molar-refractivity contribution >= 4 is 17.5 Å². The fourth-order valence-electron chi connectivity index (χ4n) is 3.56. The second-order valence-electron chi connectivity index (χ2n) is 7.32. The Bertz CT molecular complexity index is 659. The number of nitrogens with one attached hydrogen (secondary N) is 1. The number of nitrogens with zero attached hydrogens (tertiary/aromatic N) is 2. The summed E-state index contributed by atoms with van der Waals surface area (Å²) in [4.78, 5) is 28.6. The zero-order valence-corrected chi connectivity index (χ0v) is 15.9. The number of likely N-dealkylation sites (N-methyl/N-ethyl adjacent to an activating group) is 2. The third kappa shape index (κ3) is 3.94. The fourth-order valence-corrected chi connectivity index (χ4v) is 3.56. The summed E-state index contributed by atoms with van der Waals surface area (Å²) in [5, 5.41) is 2.85. The van der Waals surface area contributed by atoms with Crippen molar-refractivity contribution in [2.75, 3.05) is 31.6 Å². The zero-order valence-electron chi connectivity index (χ0n) is 15.9. The molecule has 0 spiro atoms. The summed E-state index contributed by atoms with van der Waals surface area (Å²) in [7, 11) is 1.77. The number of carbonyl (C=O) groups excluding carboxylic acids is 2. The molecule has 1 N–H and O–H groups in total. The molecule has 2 aliphatic rings. The number of amides is 2. The molecule has 1 aromatic carbocycles. The molecule has 0 saturated heterocycles. The molecule has 1 aromatic rings. The van der Waals surface area contributed by atoms with Crippen LogP contribution in [0.4, 0.5) is 5.69 Å². The number of hydrogen-bond donors (Lipinski definition) is 1. The first-order valence-corrected chi connectivity index (χ1v) is 9.55. The van der Waals surface area contributed by atoms with Crippen molar-refractivity contribution in [2.24, 2.45) is 5.92 Å². The highest BCUT2D eigenvalue weighted by molar-refractivity contribution is 5.88. The number of ether oxygens (including phenoxy) is 1. The van der Waals surface area contributed by atoms with Gasteiger partial charge in [0.25, 0.3) is 0 Å². The van der Waals surface area contributed by atoms with Gasteiger partial charge in [-0.05, 0) is 38.8 Å². The van der Waals surface area contributed by atoms with Gasteiger partial charge in [-0.2, -0.15) is 0 Å². The second kappa shape index (κ2) is 7.98. The van der Waals surface area contributed by atoms with Crippen molar-refractivity contribution in [1.82, 2.24) is 10.2 Å². The molecule has 0 aromatic heterocycles. The van der Waals surface area contributed by atoms with Crippen LogP contribution in [0.15, 0.2) is 24.3 Å². The van der Waals surface area contributed by atoms with E-state index in [1.165, 1.54) is 0 Å². The number of fused-ring (bicyclic) bond motifs is 1. The van der Waals surface area contributed by atoms with Crippen LogP contribution in [0, 0.1) is 5.92 Å². The zero-order chi connectivity index (χ0) is 18.7. The van der Waals surface area contributed by atoms with Gasteiger partial charge in [0.15, 0.2) is 0 Å². The van der Waals surface area contributed by atoms with Gasteiger partial charge in [0.1, 0.15) is 17.9 Å². The van der Waals surface area contributed by atoms with Crippen LogP contribution in [-0.2, 0) is 9.59 Å². The Morgan fingerprint density at radius 2 is 2.08 bits per heavy atom. The molecule has 0 bridgehead atoms. The SMILES string of the molecule is CCN1C[C@H](CN(C)C(=O)[C@@H](C)NC(=O)C2CCC2)Oc2ccccc21. The lowest BCUT2D eigenvalue weighted by Crippen LogP contribution is -2.52. The fraction of sp³-hybridized carbons (Fsp3) is 0.600. The average Bonchev–Trinajstić information content (AvgIpc) is 2.58. The monoisotopic (exact) mass is 359 g/mol. The molecular weight excluding hydrogens is 330 g/mol. The van der Waals surface area contributed by atoms with E-state index in [0.29, 0.717) is 6.54 Å². The van der Waals surface area contributed by atoms with Crippen LogP contribution in [-0.4, -0.2) is 55.5 Å². The van der Waals surface area contributed by atoms with E-state index in [2.05, 4.69) is 23.2 Å². The molecule has 26 heavy (non-hydrogen) atoms. The van der Waals surface area contributed by atoms with E-state index >= 15 is 0 Å². The summed E-state index contributed by atoms with van der Waals surface area (Å²) < 4.78 is 6.09. The van der Waals surface area contributed by atoms with E-state index in [4.69, 9.17) is 4.74 Å². The van der Waals surface area contributed by atoms with Gasteiger partial charge in [0.2, 0.25) is 11.8 Å². The Morgan fingerprint density at radius 1 is 1.35 bits per heavy atom. The molecular formula is C20H29N3O3. The van der Waals surface area contributed by atoms with E-state index in [0.717, 1.165) is 43.8 Å². The van der Waals surface area contributed by atoms with Crippen molar-refractivity contribution in [1.29, 1.82) is 0 Å². The molecule has 3 rings (SSSR count). The van der Waals surface area contributed by atoms with Gasteiger partial charge in [-0.15, -0.1) is 0 Å². The Morgan fingerprint density at radius 3 is 2.73 bits per heavy atom. The molecule has 1 saturated carbocycles. The van der Waals surface area contributed by atoms with Gasteiger partial charge in [-0.1, -0.05) is 18.6 Å². The van der Waals surface area contributed by atoms with Gasteiger partial charge >= 0.3 is 0 Å². The van der Waals surface area contributed by atoms with Crippen LogP contribution in [0.1, 0.15) is 33.1 Å². The lowest BCUT2D eigenvalue weighted by molar-refractivity contribution is -0.137. The normalized spacial score (nSPS) is 20.4. The molecule has 142 valence electrons. The average molecular weight is 359 g/mol. The summed E-state index contributed by atoms with van der Waals surface area (Å²) in [6, 6.07) is 7.48. The van der Waals surface area contributed by atoms with Crippen molar-refractivity contribution in [2.45, 2.75) is 45.3 Å². The molecule has 0 unspecified atom stereocenters. The van der Waals surface area contributed by atoms with E-state index in [1.54, 1.807) is 18.9 Å². The number of carbonyl (C=O) groups is 2. The molecule has 1 aliphatic heterocycles. The van der Waals surface area contributed by atoms with Gasteiger partial charge in [0.05, 0.1) is 18.8 Å². The van der Waals surface area contributed by atoms with Crippen molar-refractivity contribution in [3.8, 4) is 5.75 Å². The van der Waals surface area contributed by atoms with Crippen LogP contribution < -0.4 is 15.0 Å². The first-order valence-electron chi connectivity index (χ1n) is 9.55. The van der Waals surface area contributed by atoms with E-state index in [9.17, 15) is 9.59 Å². The largest absolute Gasteiger partial charge is 0.485 e. The molecule has 0 radical (unpaired) electrons. The van der Waals surface area contributed by atoms with Crippen LogP contribution in [0.25, 0.3) is 0 Å². The van der Waals surface area contributed by atoms with Gasteiger partial charge in [0, 0.05) is 19.5 Å². The molecule has 1 aliphatic carbocycles. The minimum absolute atomic E-state index is 0.00509. The minimum Gasteiger partial charge on any atom is -0.485 e. The first-order chi connectivity index (χ1) is 12.5. The van der Waals surface area contributed by atoms with Crippen molar-refractivity contribution < 1.29 is 14.3 Å². The molecule has 2 atom stereocenters. The van der Waals surface area contributed by atoms with Crippen LogP contribution >= 0.6 is 0 Å². The standard InChI is InChI=1S/C20H29N3O3/c1-4-23-13-16(26-18-11-6-5-10-17(18)23)12-22(3)20(25)14(2)21-19(24)15-8-7-9-15/h5-6,10-11,14-16H,4,7-9,12-13H2,1-3H3,(H,21,24)/t14-,16+/m1/s1. The molecule has 1 fully saturated rings. The summed E-state index contributed by atoms with van der Waals surface area (Å²) >= 11 is 0. The molecule has 2 amide bonds. The van der Waals surface area contributed by atoms with Gasteiger partial charge in [-0.25, -0.2) is 0 Å². The summed E-state index contributed by atoms with van der Waals surface area (Å²) in [6.45, 7) is 6.00. The highest BCUT2D eigenvalue weighted by Crippen LogP contribution is 2.32. The Balaban J connectivity index is 1.56. The Kier molecular flexibility index (Phi) is 5.69. The third-order valence-corrected chi connectivity index (χ3v) is 5.36. The van der Waals surface area contributed by atoms with Gasteiger partial charge < -0.3 is 19.9 Å². The Hall–Kier alpha value is -2.24. The smallest absolute Gasteiger partial charge is 0.244 e. The summed E-state index contributed by atoms with van der Waals surface area (Å²) in [6.07, 6.45) is 2.89. The topological polar surface area (TPSA) is 61.9 Å². The lowest BCUT2D eigenvalue weighted by Gasteiger charge is -2.37. The predicted octanol–water partition coefficient (Wildman–Crippen LogP) is 2.04.